The Labute approximate surface area is 115 Å². The van der Waals surface area contributed by atoms with E-state index >= 15 is 0 Å². The van der Waals surface area contributed by atoms with Gasteiger partial charge in [-0.25, -0.2) is 0 Å². The highest BCUT2D eigenvalue weighted by Crippen LogP contribution is 2.29. The summed E-state index contributed by atoms with van der Waals surface area (Å²) in [7, 11) is 0. The molecule has 0 aliphatic rings. The summed E-state index contributed by atoms with van der Waals surface area (Å²) in [5, 5.41) is 10.7. The lowest BCUT2D eigenvalue weighted by Crippen LogP contribution is -2.30. The third-order valence-electron chi connectivity index (χ3n) is 2.99. The Morgan fingerprint density at radius 1 is 1.06 bits per heavy atom. The molecule has 1 N–H and O–H groups in total. The number of hydrogen-bond acceptors (Lipinski definition) is 1. The van der Waals surface area contributed by atoms with Gasteiger partial charge in [0, 0.05) is 0 Å². The van der Waals surface area contributed by atoms with Crippen LogP contribution in [0.1, 0.15) is 80.1 Å². The van der Waals surface area contributed by atoms with E-state index in [1.807, 2.05) is 20.8 Å². The number of aliphatic hydroxyl groups is 1. The summed E-state index contributed by atoms with van der Waals surface area (Å²) in [6, 6.07) is 0. The van der Waals surface area contributed by atoms with Crippen LogP contribution in [0.15, 0.2) is 23.8 Å². The first-order chi connectivity index (χ1) is 8.64. The Bertz CT molecular complexity index is 228. The molecule has 108 valence electrons. The van der Waals surface area contributed by atoms with Crippen LogP contribution >= 0.6 is 0 Å². The van der Waals surface area contributed by atoms with E-state index in [4.69, 9.17) is 0 Å². The molecule has 0 aromatic carbocycles. The van der Waals surface area contributed by atoms with Crippen LogP contribution in [0.5, 0.6) is 0 Å². The molecule has 0 aromatic heterocycles. The molecule has 0 fully saturated rings. The Balaban J connectivity index is 0. The van der Waals surface area contributed by atoms with Crippen molar-refractivity contribution in [3.63, 3.8) is 0 Å². The molecule has 0 spiro atoms. The van der Waals surface area contributed by atoms with E-state index in [1.165, 1.54) is 0 Å². The molecule has 0 rings (SSSR count). The molecule has 18 heavy (non-hydrogen) atoms. The monoisotopic (exact) mass is 254 g/mol. The molecule has 1 nitrogen and oxygen atoms in total. The second kappa shape index (κ2) is 12.9. The zero-order valence-corrected chi connectivity index (χ0v) is 13.4. The van der Waals surface area contributed by atoms with Crippen molar-refractivity contribution in [1.29, 1.82) is 0 Å². The molecular weight excluding hydrogens is 220 g/mol. The summed E-state index contributed by atoms with van der Waals surface area (Å²) in [4.78, 5) is 0. The van der Waals surface area contributed by atoms with Crippen molar-refractivity contribution in [3.05, 3.63) is 23.8 Å². The van der Waals surface area contributed by atoms with E-state index in [1.54, 1.807) is 0 Å². The first-order valence-electron chi connectivity index (χ1n) is 7.70. The molecule has 0 amide bonds. The van der Waals surface area contributed by atoms with Crippen LogP contribution in [0.4, 0.5) is 0 Å². The van der Waals surface area contributed by atoms with E-state index < -0.39 is 5.60 Å². The maximum atomic E-state index is 10.7. The Morgan fingerprint density at radius 3 is 2.06 bits per heavy atom. The second-order valence-corrected chi connectivity index (χ2v) is 4.44. The second-order valence-electron chi connectivity index (χ2n) is 4.44. The van der Waals surface area contributed by atoms with Crippen LogP contribution < -0.4 is 0 Å². The average Bonchev–Trinajstić information content (AvgIpc) is 2.40. The maximum absolute atomic E-state index is 10.7. The van der Waals surface area contributed by atoms with Crippen LogP contribution in [0, 0.1) is 0 Å². The fraction of sp³-hybridized carbons (Fsp3) is 0.765. The summed E-state index contributed by atoms with van der Waals surface area (Å²) in [6.45, 7) is 12.4. The fourth-order valence-electron chi connectivity index (χ4n) is 2.06. The molecule has 0 aliphatic heterocycles. The zero-order chi connectivity index (χ0) is 14.4. The van der Waals surface area contributed by atoms with E-state index in [9.17, 15) is 5.11 Å². The number of allylic oxidation sites excluding steroid dienone is 2. The van der Waals surface area contributed by atoms with Crippen LogP contribution in [0.25, 0.3) is 0 Å². The van der Waals surface area contributed by atoms with Crippen LogP contribution in [-0.4, -0.2) is 10.7 Å². The van der Waals surface area contributed by atoms with Gasteiger partial charge < -0.3 is 5.11 Å². The molecule has 0 aliphatic carbocycles. The molecule has 1 heteroatoms. The van der Waals surface area contributed by atoms with Crippen LogP contribution in [0.2, 0.25) is 0 Å². The Hall–Kier alpha value is -0.560. The van der Waals surface area contributed by atoms with Gasteiger partial charge in [0.2, 0.25) is 0 Å². The number of hydrogen-bond donors (Lipinski definition) is 1. The van der Waals surface area contributed by atoms with Crippen LogP contribution in [0.3, 0.4) is 0 Å². The van der Waals surface area contributed by atoms with Crippen LogP contribution in [-0.2, 0) is 0 Å². The highest BCUT2D eigenvalue weighted by Gasteiger charge is 2.27. The SMILES string of the molecule is C/C=C(\C=C/CC)C(O)(CCC)CCCC.CC. The van der Waals surface area contributed by atoms with Gasteiger partial charge in [0.05, 0.1) is 5.60 Å². The van der Waals surface area contributed by atoms with Gasteiger partial charge in [-0.2, -0.15) is 0 Å². The highest BCUT2D eigenvalue weighted by molar-refractivity contribution is 5.28. The quantitative estimate of drug-likeness (QED) is 0.555. The summed E-state index contributed by atoms with van der Waals surface area (Å²) in [5.74, 6) is 0. The first-order valence-corrected chi connectivity index (χ1v) is 7.70. The minimum atomic E-state index is -0.606. The standard InChI is InChI=1S/C15H28O.C2H6/c1-5-9-11-14(8-4)15(16,12-7-3)13-10-6-2;1-2/h8-9,11,16H,5-7,10,12-13H2,1-4H3;1-2H3/b11-9-,14-8+;. The van der Waals surface area contributed by atoms with Crippen molar-refractivity contribution in [2.24, 2.45) is 0 Å². The van der Waals surface area contributed by atoms with Gasteiger partial charge in [0.15, 0.2) is 0 Å². The van der Waals surface area contributed by atoms with E-state index in [0.29, 0.717) is 0 Å². The molecule has 0 aromatic rings. The smallest absolute Gasteiger partial charge is 0.0893 e. The van der Waals surface area contributed by atoms with Crippen molar-refractivity contribution < 1.29 is 5.11 Å². The minimum absolute atomic E-state index is 0.606. The normalized spacial score (nSPS) is 15.2. The van der Waals surface area contributed by atoms with Crippen molar-refractivity contribution in [2.75, 3.05) is 0 Å². The van der Waals surface area contributed by atoms with Gasteiger partial charge in [-0.1, -0.05) is 72.1 Å². The van der Waals surface area contributed by atoms with Crippen molar-refractivity contribution in [2.45, 2.75) is 85.7 Å². The highest BCUT2D eigenvalue weighted by atomic mass is 16.3. The van der Waals surface area contributed by atoms with E-state index in [-0.39, 0.29) is 0 Å². The lowest BCUT2D eigenvalue weighted by atomic mass is 9.84. The number of rotatable bonds is 8. The third-order valence-corrected chi connectivity index (χ3v) is 2.99. The molecule has 0 heterocycles. The zero-order valence-electron chi connectivity index (χ0n) is 13.4. The predicted molar refractivity (Wildman–Crippen MR) is 83.9 cm³/mol. The summed E-state index contributed by atoms with van der Waals surface area (Å²) in [6.07, 6.45) is 12.3. The van der Waals surface area contributed by atoms with Gasteiger partial charge in [-0.15, -0.1) is 0 Å². The van der Waals surface area contributed by atoms with Gasteiger partial charge in [0.1, 0.15) is 0 Å². The molecule has 0 saturated heterocycles. The third kappa shape index (κ3) is 7.71. The fourth-order valence-corrected chi connectivity index (χ4v) is 2.06. The predicted octanol–water partition coefficient (Wildman–Crippen LogP) is 5.65. The largest absolute Gasteiger partial charge is 0.385 e. The van der Waals surface area contributed by atoms with Crippen molar-refractivity contribution >= 4 is 0 Å². The Morgan fingerprint density at radius 2 is 1.67 bits per heavy atom. The lowest BCUT2D eigenvalue weighted by Gasteiger charge is -2.29. The van der Waals surface area contributed by atoms with Gasteiger partial charge in [-0.3, -0.25) is 0 Å². The van der Waals surface area contributed by atoms with Gasteiger partial charge in [-0.05, 0) is 31.8 Å². The molecular formula is C17H34O. The molecule has 0 radical (unpaired) electrons. The summed E-state index contributed by atoms with van der Waals surface area (Å²) < 4.78 is 0. The van der Waals surface area contributed by atoms with Crippen molar-refractivity contribution in [1.82, 2.24) is 0 Å². The number of unbranched alkanes of at least 4 members (excludes halogenated alkanes) is 1. The van der Waals surface area contributed by atoms with E-state index in [0.717, 1.165) is 44.1 Å². The van der Waals surface area contributed by atoms with Gasteiger partial charge in [0.25, 0.3) is 0 Å². The topological polar surface area (TPSA) is 20.2 Å². The Kier molecular flexibility index (Phi) is 14.2. The minimum Gasteiger partial charge on any atom is -0.385 e. The summed E-state index contributed by atoms with van der Waals surface area (Å²) >= 11 is 0. The van der Waals surface area contributed by atoms with Crippen molar-refractivity contribution in [3.8, 4) is 0 Å². The average molecular weight is 254 g/mol. The molecule has 0 saturated carbocycles. The first kappa shape index (κ1) is 19.8. The lowest BCUT2D eigenvalue weighted by molar-refractivity contribution is 0.0601. The molecule has 1 unspecified atom stereocenters. The van der Waals surface area contributed by atoms with E-state index in [2.05, 4.69) is 39.0 Å². The van der Waals surface area contributed by atoms with Gasteiger partial charge >= 0.3 is 0 Å². The maximum Gasteiger partial charge on any atom is 0.0893 e. The molecule has 1 atom stereocenters. The summed E-state index contributed by atoms with van der Waals surface area (Å²) in [5.41, 5.74) is 0.482. The molecule has 0 bridgehead atoms.